The molecule has 0 amide bonds. The number of hydrogen-bond donors (Lipinski definition) is 0. The molecule has 0 bridgehead atoms. The Hall–Kier alpha value is -5.62. The molecule has 0 fully saturated rings. The lowest BCUT2D eigenvalue weighted by Crippen LogP contribution is -2.10. The molecule has 8 rings (SSSR count). The third kappa shape index (κ3) is 3.80. The van der Waals surface area contributed by atoms with E-state index < -0.39 is 60.0 Å². The van der Waals surface area contributed by atoms with E-state index in [0.29, 0.717) is 22.1 Å². The molecule has 4 nitrogen and oxygen atoms in total. The van der Waals surface area contributed by atoms with Gasteiger partial charge in [0.15, 0.2) is 0 Å². The minimum Gasteiger partial charge on any atom is -0.448 e. The van der Waals surface area contributed by atoms with Gasteiger partial charge in [0.25, 0.3) is 0 Å². The second-order valence-electron chi connectivity index (χ2n) is 9.49. The van der Waals surface area contributed by atoms with Gasteiger partial charge in [-0.05, 0) is 94.1 Å². The molecule has 0 saturated carbocycles. The van der Waals surface area contributed by atoms with Crippen LogP contribution in [0.15, 0.2) is 142 Å². The third-order valence-corrected chi connectivity index (χ3v) is 7.16. The lowest BCUT2D eigenvalue weighted by molar-refractivity contribution is 0.573. The zero-order valence-electron chi connectivity index (χ0n) is 29.5. The van der Waals surface area contributed by atoms with Crippen LogP contribution in [0.4, 0.5) is 43.3 Å². The highest BCUT2D eigenvalue weighted by Crippen LogP contribution is 2.47. The highest BCUT2D eigenvalue weighted by atomic mass is 19.1. The Labute approximate surface area is 250 Å². The van der Waals surface area contributed by atoms with Crippen LogP contribution in [0, 0.1) is 11.6 Å². The summed E-state index contributed by atoms with van der Waals surface area (Å²) in [6, 6.07) is 15.3. The van der Waals surface area contributed by atoms with Gasteiger partial charge in [-0.3, -0.25) is 9.80 Å². The summed E-state index contributed by atoms with van der Waals surface area (Å²) in [5.41, 5.74) is 0.410. The van der Waals surface area contributed by atoms with Crippen LogP contribution in [0.5, 0.6) is 0 Å². The minimum absolute atomic E-state index is 0.164. The number of halogens is 2. The van der Waals surface area contributed by atoms with E-state index in [1.165, 1.54) is 22.3 Å². The minimum atomic E-state index is -1.27. The molecular weight excluding hydrogens is 530 g/mol. The second-order valence-corrected chi connectivity index (χ2v) is 9.49. The smallest absolute Gasteiger partial charge is 0.204 e. The Kier molecular flexibility index (Phi) is 3.90. The van der Waals surface area contributed by atoms with E-state index in [9.17, 15) is 8.78 Å². The van der Waals surface area contributed by atoms with Crippen molar-refractivity contribution in [1.29, 1.82) is 0 Å². The van der Waals surface area contributed by atoms with Gasteiger partial charge >= 0.3 is 0 Å². The van der Waals surface area contributed by atoms with Crippen molar-refractivity contribution in [3.63, 3.8) is 0 Å². The predicted molar refractivity (Wildman–Crippen MR) is 164 cm³/mol. The maximum absolute atomic E-state index is 14.7. The normalized spacial score (nSPS) is 14.2. The molecule has 0 aliphatic carbocycles. The maximum Gasteiger partial charge on any atom is 0.204 e. The molecule has 0 aliphatic heterocycles. The van der Waals surface area contributed by atoms with Gasteiger partial charge in [0.1, 0.15) is 11.6 Å². The van der Waals surface area contributed by atoms with Crippen molar-refractivity contribution in [3.05, 3.63) is 145 Å². The highest BCUT2D eigenvalue weighted by Gasteiger charge is 2.23. The number of furan rings is 2. The molecule has 202 valence electrons. The summed E-state index contributed by atoms with van der Waals surface area (Å²) in [5, 5.41) is 4.29. The van der Waals surface area contributed by atoms with Gasteiger partial charge in [-0.15, -0.1) is 0 Å². The molecule has 2 heterocycles. The van der Waals surface area contributed by atoms with Crippen LogP contribution in [0.1, 0.15) is 11.0 Å². The fourth-order valence-electron chi connectivity index (χ4n) is 5.46. The molecule has 8 aromatic rings. The third-order valence-electron chi connectivity index (χ3n) is 7.16. The lowest BCUT2D eigenvalue weighted by atomic mass is 9.92. The van der Waals surface area contributed by atoms with Gasteiger partial charge in [0, 0.05) is 34.3 Å². The molecule has 0 unspecified atom stereocenters. The van der Waals surface area contributed by atoms with E-state index in [0.717, 1.165) is 21.5 Å². The highest BCUT2D eigenvalue weighted by molar-refractivity contribution is 6.28. The Morgan fingerprint density at radius 3 is 1.29 bits per heavy atom. The van der Waals surface area contributed by atoms with Crippen LogP contribution in [0.3, 0.4) is 0 Å². The molecule has 0 radical (unpaired) electrons. The molecule has 0 aliphatic rings. The number of rotatable bonds is 6. The first-order valence-electron chi connectivity index (χ1n) is 16.9. The molecule has 2 aromatic heterocycles. The molecular formula is C36H22F2N2O2. The first kappa shape index (κ1) is 17.3. The molecule has 42 heavy (non-hydrogen) atoms. The van der Waals surface area contributed by atoms with Gasteiger partial charge in [0.2, 0.25) is 11.8 Å². The van der Waals surface area contributed by atoms with E-state index in [-0.39, 0.29) is 23.1 Å². The van der Waals surface area contributed by atoms with Crippen LogP contribution in [0.25, 0.3) is 32.3 Å². The maximum atomic E-state index is 14.7. The SMILES string of the molecule is [2H]c1c([2H])c(N(c2ccco2)c2ccc3ccc4c(N(c5ccco5)c5c([2H])c([2H])c(F)c([2H])c5[2H])ccc5ccc2c3c54)c([2H])c([2H])c1F. The van der Waals surface area contributed by atoms with Crippen LogP contribution in [0.2, 0.25) is 0 Å². The summed E-state index contributed by atoms with van der Waals surface area (Å²) in [4.78, 5) is 2.84. The zero-order valence-corrected chi connectivity index (χ0v) is 21.5. The Morgan fingerprint density at radius 1 is 0.500 bits per heavy atom. The zero-order chi connectivity index (χ0) is 35.2. The van der Waals surface area contributed by atoms with Crippen LogP contribution < -0.4 is 9.80 Å². The molecule has 6 aromatic carbocycles. The standard InChI is InChI=1S/C36H22F2N2O2/c37-25-9-13-27(14-10-25)39(33-3-1-21-41-33)31-19-7-23-6-18-30-32(20-8-24-5-17-29(31)35(23)36(24)30)40(34-4-2-22-42-34)28-15-11-26(38)12-16-28/h1-22H/i9D,10D,11D,12D,13D,14D,15D,16D. The van der Waals surface area contributed by atoms with E-state index in [2.05, 4.69) is 0 Å². The van der Waals surface area contributed by atoms with Crippen molar-refractivity contribution in [2.75, 3.05) is 9.80 Å². The van der Waals surface area contributed by atoms with Crippen molar-refractivity contribution in [3.8, 4) is 0 Å². The summed E-state index contributed by atoms with van der Waals surface area (Å²) < 4.78 is 108. The molecule has 6 heteroatoms. The summed E-state index contributed by atoms with van der Waals surface area (Å²) >= 11 is 0. The topological polar surface area (TPSA) is 32.8 Å². The Morgan fingerprint density at radius 2 is 0.905 bits per heavy atom. The van der Waals surface area contributed by atoms with E-state index in [1.54, 1.807) is 36.4 Å². The number of benzene rings is 6. The first-order chi connectivity index (χ1) is 24.0. The predicted octanol–water partition coefficient (Wildman–Crippen LogP) is 11.0. The number of nitrogens with zero attached hydrogens (tertiary/aromatic N) is 2. The van der Waals surface area contributed by atoms with Crippen LogP contribution >= 0.6 is 0 Å². The fourth-order valence-corrected chi connectivity index (χ4v) is 5.46. The van der Waals surface area contributed by atoms with Crippen molar-refractivity contribution >= 4 is 66.8 Å². The Balaban J connectivity index is 1.45. The van der Waals surface area contributed by atoms with E-state index >= 15 is 0 Å². The molecule has 0 saturated heterocycles. The molecule has 0 atom stereocenters. The summed E-state index contributed by atoms with van der Waals surface area (Å²) in [7, 11) is 0. The van der Waals surface area contributed by atoms with Gasteiger partial charge in [-0.25, -0.2) is 8.78 Å². The first-order valence-corrected chi connectivity index (χ1v) is 12.9. The number of hydrogen-bond acceptors (Lipinski definition) is 4. The number of anilines is 6. The lowest BCUT2D eigenvalue weighted by Gasteiger charge is -2.27. The van der Waals surface area contributed by atoms with E-state index in [4.69, 9.17) is 19.8 Å². The van der Waals surface area contributed by atoms with Crippen molar-refractivity contribution in [2.24, 2.45) is 0 Å². The van der Waals surface area contributed by atoms with Gasteiger partial charge in [-0.1, -0.05) is 36.4 Å². The second kappa shape index (κ2) is 9.49. The quantitative estimate of drug-likeness (QED) is 0.189. The molecule has 0 N–H and O–H groups in total. The van der Waals surface area contributed by atoms with Crippen LogP contribution in [-0.4, -0.2) is 0 Å². The van der Waals surface area contributed by atoms with Gasteiger partial charge in [-0.2, -0.15) is 0 Å². The van der Waals surface area contributed by atoms with Crippen LogP contribution in [-0.2, 0) is 0 Å². The Bertz CT molecular complexity index is 2390. The molecule has 0 spiro atoms. The van der Waals surface area contributed by atoms with Crippen molar-refractivity contribution < 1.29 is 28.6 Å². The average molecular weight is 561 g/mol. The summed E-state index contributed by atoms with van der Waals surface area (Å²) in [6.45, 7) is 0. The largest absolute Gasteiger partial charge is 0.448 e. The van der Waals surface area contributed by atoms with E-state index in [1.807, 2.05) is 36.4 Å². The average Bonchev–Trinajstić information content (AvgIpc) is 3.87. The van der Waals surface area contributed by atoms with Crippen molar-refractivity contribution in [2.45, 2.75) is 0 Å². The van der Waals surface area contributed by atoms with Gasteiger partial charge < -0.3 is 8.83 Å². The summed E-state index contributed by atoms with van der Waals surface area (Å²) in [6.07, 6.45) is 2.80. The van der Waals surface area contributed by atoms with Crippen molar-refractivity contribution in [1.82, 2.24) is 0 Å². The van der Waals surface area contributed by atoms with Gasteiger partial charge in [0.05, 0.1) is 34.9 Å². The monoisotopic (exact) mass is 560 g/mol. The summed E-state index contributed by atoms with van der Waals surface area (Å²) in [5.74, 6) is -2.21. The fraction of sp³-hybridized carbons (Fsp3) is 0.